The smallest absolute Gasteiger partial charge is 0.256 e. The maximum Gasteiger partial charge on any atom is 0.256 e. The van der Waals surface area contributed by atoms with E-state index in [0.717, 1.165) is 11.1 Å². The lowest BCUT2D eigenvalue weighted by Crippen LogP contribution is -2.41. The van der Waals surface area contributed by atoms with Crippen LogP contribution in [-0.4, -0.2) is 53.1 Å². The van der Waals surface area contributed by atoms with Crippen molar-refractivity contribution in [2.75, 3.05) is 6.61 Å². The second kappa shape index (κ2) is 9.44. The number of pyridine rings is 3. The van der Waals surface area contributed by atoms with Crippen LogP contribution in [0.5, 0.6) is 0 Å². The average molecular weight is 416 g/mol. The van der Waals surface area contributed by atoms with Crippen LogP contribution in [0.1, 0.15) is 34.8 Å². The highest BCUT2D eigenvalue weighted by Gasteiger charge is 2.24. The molecule has 0 bridgehead atoms. The fraction of sp³-hybridized carbons (Fsp3) is 0.261. The summed E-state index contributed by atoms with van der Waals surface area (Å²) in [6.45, 7) is 2.83. The van der Waals surface area contributed by atoms with Crippen molar-refractivity contribution in [3.05, 3.63) is 84.3 Å². The van der Waals surface area contributed by atoms with E-state index in [1.807, 2.05) is 35.8 Å². The molecule has 0 spiro atoms. The van der Waals surface area contributed by atoms with E-state index in [2.05, 4.69) is 19.9 Å². The maximum atomic E-state index is 13.4. The van der Waals surface area contributed by atoms with Gasteiger partial charge >= 0.3 is 0 Å². The molecule has 4 aromatic heterocycles. The van der Waals surface area contributed by atoms with Crippen molar-refractivity contribution in [2.24, 2.45) is 0 Å². The number of aliphatic hydroxyl groups is 1. The van der Waals surface area contributed by atoms with Crippen LogP contribution in [0, 0.1) is 0 Å². The van der Waals surface area contributed by atoms with Crippen LogP contribution in [0.3, 0.4) is 0 Å². The molecule has 4 rings (SSSR count). The lowest BCUT2D eigenvalue weighted by Gasteiger charge is -2.30. The van der Waals surface area contributed by atoms with Gasteiger partial charge in [0, 0.05) is 37.5 Å². The molecular formula is C23H24N6O2. The molecule has 1 amide bonds. The third kappa shape index (κ3) is 4.59. The number of imidazole rings is 1. The van der Waals surface area contributed by atoms with E-state index < -0.39 is 0 Å². The standard InChI is InChI=1S/C23H24N6O2/c1-2-20(15-30)29(14-17-5-8-24-9-6-17)23(31)19-10-21-22(26-12-19)28(16-27-21)13-18-4-3-7-25-11-18/h3-12,16,20,30H,2,13-15H2,1H3. The summed E-state index contributed by atoms with van der Waals surface area (Å²) in [5.74, 6) is -0.186. The van der Waals surface area contributed by atoms with Gasteiger partial charge in [-0.15, -0.1) is 0 Å². The molecule has 4 heterocycles. The predicted octanol–water partition coefficient (Wildman–Crippen LogP) is 2.68. The van der Waals surface area contributed by atoms with Gasteiger partial charge in [0.25, 0.3) is 5.91 Å². The fourth-order valence-electron chi connectivity index (χ4n) is 3.54. The van der Waals surface area contributed by atoms with Gasteiger partial charge in [0.1, 0.15) is 5.52 Å². The average Bonchev–Trinajstić information content (AvgIpc) is 3.22. The van der Waals surface area contributed by atoms with Gasteiger partial charge in [0.05, 0.1) is 31.1 Å². The third-order valence-corrected chi connectivity index (χ3v) is 5.26. The second-order valence-corrected chi connectivity index (χ2v) is 7.33. The number of fused-ring (bicyclic) bond motifs is 1. The van der Waals surface area contributed by atoms with Gasteiger partial charge in [0.2, 0.25) is 0 Å². The Hall–Kier alpha value is -3.65. The van der Waals surface area contributed by atoms with E-state index in [1.54, 1.807) is 48.3 Å². The molecule has 4 aromatic rings. The largest absolute Gasteiger partial charge is 0.394 e. The maximum absolute atomic E-state index is 13.4. The first-order chi connectivity index (χ1) is 15.2. The lowest BCUT2D eigenvalue weighted by atomic mass is 10.1. The van der Waals surface area contributed by atoms with Crippen molar-refractivity contribution in [3.63, 3.8) is 0 Å². The first-order valence-electron chi connectivity index (χ1n) is 10.2. The summed E-state index contributed by atoms with van der Waals surface area (Å²) >= 11 is 0. The Kier molecular flexibility index (Phi) is 6.28. The van der Waals surface area contributed by atoms with Gasteiger partial charge in [-0.25, -0.2) is 9.97 Å². The number of aliphatic hydroxyl groups excluding tert-OH is 1. The highest BCUT2D eigenvalue weighted by atomic mass is 16.3. The summed E-state index contributed by atoms with van der Waals surface area (Å²) in [5, 5.41) is 9.84. The highest BCUT2D eigenvalue weighted by Crippen LogP contribution is 2.18. The van der Waals surface area contributed by atoms with Crippen LogP contribution in [0.25, 0.3) is 11.2 Å². The minimum Gasteiger partial charge on any atom is -0.394 e. The molecule has 1 unspecified atom stereocenters. The summed E-state index contributed by atoms with van der Waals surface area (Å²) in [6.07, 6.45) is 10.9. The van der Waals surface area contributed by atoms with Crippen LogP contribution in [0.2, 0.25) is 0 Å². The molecule has 1 atom stereocenters. The van der Waals surface area contributed by atoms with Gasteiger partial charge < -0.3 is 14.6 Å². The van der Waals surface area contributed by atoms with Crippen molar-refractivity contribution in [2.45, 2.75) is 32.5 Å². The highest BCUT2D eigenvalue weighted by molar-refractivity contribution is 5.96. The van der Waals surface area contributed by atoms with E-state index in [-0.39, 0.29) is 18.6 Å². The number of carbonyl (C=O) groups excluding carboxylic acids is 1. The molecule has 0 saturated carbocycles. The zero-order valence-electron chi connectivity index (χ0n) is 17.3. The van der Waals surface area contributed by atoms with E-state index in [0.29, 0.717) is 36.2 Å². The molecule has 0 radical (unpaired) electrons. The summed E-state index contributed by atoms with van der Waals surface area (Å²) in [6, 6.07) is 9.08. The third-order valence-electron chi connectivity index (χ3n) is 5.26. The quantitative estimate of drug-likeness (QED) is 0.474. The molecule has 8 heteroatoms. The number of nitrogens with zero attached hydrogens (tertiary/aromatic N) is 6. The molecule has 0 aromatic carbocycles. The number of amides is 1. The van der Waals surface area contributed by atoms with Gasteiger partial charge in [-0.3, -0.25) is 14.8 Å². The minimum absolute atomic E-state index is 0.108. The molecule has 8 nitrogen and oxygen atoms in total. The van der Waals surface area contributed by atoms with Crippen molar-refractivity contribution >= 4 is 17.1 Å². The molecule has 0 aliphatic carbocycles. The van der Waals surface area contributed by atoms with Gasteiger partial charge in [-0.1, -0.05) is 13.0 Å². The van der Waals surface area contributed by atoms with E-state index >= 15 is 0 Å². The second-order valence-electron chi connectivity index (χ2n) is 7.33. The molecule has 31 heavy (non-hydrogen) atoms. The Morgan fingerprint density at radius 3 is 2.65 bits per heavy atom. The molecule has 158 valence electrons. The Morgan fingerprint density at radius 1 is 1.10 bits per heavy atom. The number of carbonyl (C=O) groups is 1. The molecule has 0 aliphatic rings. The van der Waals surface area contributed by atoms with Gasteiger partial charge in [-0.05, 0) is 41.8 Å². The SMILES string of the molecule is CCC(CO)N(Cc1ccncc1)C(=O)c1cnc2c(c1)ncn2Cc1cccnc1. The van der Waals surface area contributed by atoms with Crippen molar-refractivity contribution in [1.29, 1.82) is 0 Å². The van der Waals surface area contributed by atoms with Crippen molar-refractivity contribution < 1.29 is 9.90 Å². The number of hydrogen-bond donors (Lipinski definition) is 1. The van der Waals surface area contributed by atoms with Crippen LogP contribution >= 0.6 is 0 Å². The number of rotatable bonds is 8. The van der Waals surface area contributed by atoms with E-state index in [9.17, 15) is 9.90 Å². The van der Waals surface area contributed by atoms with Crippen molar-refractivity contribution in [3.8, 4) is 0 Å². The fourth-order valence-corrected chi connectivity index (χ4v) is 3.54. The first kappa shape index (κ1) is 20.6. The van der Waals surface area contributed by atoms with Gasteiger partial charge in [-0.2, -0.15) is 0 Å². The topological polar surface area (TPSA) is 97.0 Å². The molecule has 1 N–H and O–H groups in total. The van der Waals surface area contributed by atoms with Gasteiger partial charge in [0.15, 0.2) is 5.65 Å². The van der Waals surface area contributed by atoms with Crippen molar-refractivity contribution in [1.82, 2.24) is 29.4 Å². The summed E-state index contributed by atoms with van der Waals surface area (Å²) in [7, 11) is 0. The predicted molar refractivity (Wildman–Crippen MR) is 116 cm³/mol. The summed E-state index contributed by atoms with van der Waals surface area (Å²) < 4.78 is 1.93. The van der Waals surface area contributed by atoms with E-state index in [4.69, 9.17) is 0 Å². The Bertz CT molecular complexity index is 1140. The van der Waals surface area contributed by atoms with E-state index in [1.165, 1.54) is 0 Å². The zero-order valence-corrected chi connectivity index (χ0v) is 17.3. The first-order valence-corrected chi connectivity index (χ1v) is 10.2. The Balaban J connectivity index is 1.61. The molecule has 0 aliphatic heterocycles. The minimum atomic E-state index is -0.292. The molecular weight excluding hydrogens is 392 g/mol. The summed E-state index contributed by atoms with van der Waals surface area (Å²) in [5.41, 5.74) is 3.79. The van der Waals surface area contributed by atoms with Crippen LogP contribution < -0.4 is 0 Å². The number of hydrogen-bond acceptors (Lipinski definition) is 6. The molecule has 0 saturated heterocycles. The van der Waals surface area contributed by atoms with Crippen LogP contribution in [0.15, 0.2) is 67.6 Å². The van der Waals surface area contributed by atoms with Crippen LogP contribution in [-0.2, 0) is 13.1 Å². The normalized spacial score (nSPS) is 12.1. The summed E-state index contributed by atoms with van der Waals surface area (Å²) in [4.78, 5) is 32.2. The van der Waals surface area contributed by atoms with Crippen LogP contribution in [0.4, 0.5) is 0 Å². The zero-order chi connectivity index (χ0) is 21.6. The number of aromatic nitrogens is 5. The Morgan fingerprint density at radius 2 is 1.94 bits per heavy atom. The molecule has 0 fully saturated rings. The lowest BCUT2D eigenvalue weighted by molar-refractivity contribution is 0.0563. The monoisotopic (exact) mass is 416 g/mol. The Labute approximate surface area is 180 Å².